The van der Waals surface area contributed by atoms with Gasteiger partial charge in [0.05, 0.1) is 11.1 Å². The first kappa shape index (κ1) is 19.5. The van der Waals surface area contributed by atoms with Crippen molar-refractivity contribution in [3.05, 3.63) is 35.5 Å². The van der Waals surface area contributed by atoms with Crippen LogP contribution >= 0.6 is 0 Å². The van der Waals surface area contributed by atoms with E-state index in [0.717, 1.165) is 49.4 Å². The molecule has 3 aromatic heterocycles. The normalized spacial score (nSPS) is 19.2. The average Bonchev–Trinajstić information content (AvgIpc) is 3.46. The lowest BCUT2D eigenvalue weighted by atomic mass is 10.1. The van der Waals surface area contributed by atoms with Gasteiger partial charge in [-0.15, -0.1) is 0 Å². The predicted molar refractivity (Wildman–Crippen MR) is 117 cm³/mol. The van der Waals surface area contributed by atoms with E-state index in [1.807, 2.05) is 17.9 Å². The number of fused-ring (bicyclic) bond motifs is 1. The fourth-order valence-corrected chi connectivity index (χ4v) is 5.22. The Morgan fingerprint density at radius 3 is 2.53 bits per heavy atom. The molecule has 0 atom stereocenters. The summed E-state index contributed by atoms with van der Waals surface area (Å²) in [6.45, 7) is 7.42. The van der Waals surface area contributed by atoms with Crippen LogP contribution < -0.4 is 4.74 Å². The minimum absolute atomic E-state index is 0.209. The van der Waals surface area contributed by atoms with E-state index in [4.69, 9.17) is 4.74 Å². The molecule has 1 aliphatic heterocycles. The van der Waals surface area contributed by atoms with E-state index in [-0.39, 0.29) is 6.10 Å². The van der Waals surface area contributed by atoms with Crippen molar-refractivity contribution in [3.8, 4) is 5.88 Å². The number of aromatic nitrogens is 5. The summed E-state index contributed by atoms with van der Waals surface area (Å²) in [5.74, 6) is 0.766. The van der Waals surface area contributed by atoms with Gasteiger partial charge in [-0.25, -0.2) is 9.97 Å². The molecule has 1 saturated carbocycles. The molecular weight excluding hydrogens is 376 g/mol. The molecule has 7 nitrogen and oxygen atoms in total. The smallest absolute Gasteiger partial charge is 0.226 e. The summed E-state index contributed by atoms with van der Waals surface area (Å²) < 4.78 is 10.9. The maximum Gasteiger partial charge on any atom is 0.226 e. The van der Waals surface area contributed by atoms with Crippen LogP contribution in [0.4, 0.5) is 0 Å². The van der Waals surface area contributed by atoms with Crippen LogP contribution in [0.3, 0.4) is 0 Å². The third-order valence-corrected chi connectivity index (χ3v) is 7.11. The minimum atomic E-state index is 0.209. The highest BCUT2D eigenvalue weighted by Gasteiger charge is 2.27. The van der Waals surface area contributed by atoms with Gasteiger partial charge in [0.25, 0.3) is 0 Å². The Morgan fingerprint density at radius 1 is 1.07 bits per heavy atom. The number of hydrogen-bond acceptors (Lipinski definition) is 5. The zero-order chi connectivity index (χ0) is 20.7. The number of likely N-dealkylation sites (tertiary alicyclic amines) is 1. The summed E-state index contributed by atoms with van der Waals surface area (Å²) in [6, 6.07) is 2.67. The van der Waals surface area contributed by atoms with Crippen molar-refractivity contribution in [2.45, 2.75) is 71.1 Å². The Labute approximate surface area is 178 Å². The van der Waals surface area contributed by atoms with E-state index in [2.05, 4.69) is 44.4 Å². The standard InChI is InChI=1S/C23H32N6O/c1-16-17(2)29(18-6-4-5-7-18)22-21(16)23(25-15-24-22)30-20-9-12-28(13-10-20)14-19-8-11-26-27(19)3/h8,11,15,18,20H,4-7,9-10,12-14H2,1-3H3. The highest BCUT2D eigenvalue weighted by Crippen LogP contribution is 2.38. The number of nitrogens with zero attached hydrogens (tertiary/aromatic N) is 6. The van der Waals surface area contributed by atoms with Gasteiger partial charge in [0, 0.05) is 44.6 Å². The van der Waals surface area contributed by atoms with Gasteiger partial charge < -0.3 is 9.30 Å². The van der Waals surface area contributed by atoms with E-state index >= 15 is 0 Å². The lowest BCUT2D eigenvalue weighted by molar-refractivity contribution is 0.0931. The molecule has 0 spiro atoms. The highest BCUT2D eigenvalue weighted by molar-refractivity contribution is 5.86. The first-order valence-corrected chi connectivity index (χ1v) is 11.3. The van der Waals surface area contributed by atoms with Crippen molar-refractivity contribution in [3.63, 3.8) is 0 Å². The van der Waals surface area contributed by atoms with Crippen LogP contribution in [0.1, 0.15) is 61.5 Å². The third kappa shape index (κ3) is 3.49. The lowest BCUT2D eigenvalue weighted by Crippen LogP contribution is -2.38. The van der Waals surface area contributed by atoms with Crippen LogP contribution in [0, 0.1) is 13.8 Å². The van der Waals surface area contributed by atoms with E-state index < -0.39 is 0 Å². The summed E-state index contributed by atoms with van der Waals surface area (Å²) in [5.41, 5.74) is 4.89. The first-order chi connectivity index (χ1) is 14.6. The van der Waals surface area contributed by atoms with E-state index in [1.165, 1.54) is 42.6 Å². The van der Waals surface area contributed by atoms with Gasteiger partial charge in [-0.05, 0) is 51.2 Å². The second kappa shape index (κ2) is 8.02. The Balaban J connectivity index is 1.31. The van der Waals surface area contributed by atoms with Gasteiger partial charge in [-0.3, -0.25) is 9.58 Å². The zero-order valence-corrected chi connectivity index (χ0v) is 18.3. The van der Waals surface area contributed by atoms with E-state index in [1.54, 1.807) is 6.33 Å². The van der Waals surface area contributed by atoms with Crippen molar-refractivity contribution in [2.75, 3.05) is 13.1 Å². The van der Waals surface area contributed by atoms with Crippen LogP contribution in [-0.4, -0.2) is 48.4 Å². The van der Waals surface area contributed by atoms with Gasteiger partial charge in [0.1, 0.15) is 18.1 Å². The first-order valence-electron chi connectivity index (χ1n) is 11.3. The lowest BCUT2D eigenvalue weighted by Gasteiger charge is -2.31. The fraction of sp³-hybridized carbons (Fsp3) is 0.609. The Morgan fingerprint density at radius 2 is 1.83 bits per heavy atom. The van der Waals surface area contributed by atoms with Crippen LogP contribution in [-0.2, 0) is 13.6 Å². The molecule has 2 fully saturated rings. The van der Waals surface area contributed by atoms with Gasteiger partial charge in [0.15, 0.2) is 0 Å². The maximum absolute atomic E-state index is 6.48. The third-order valence-electron chi connectivity index (χ3n) is 7.11. The topological polar surface area (TPSA) is 61.0 Å². The molecule has 30 heavy (non-hydrogen) atoms. The monoisotopic (exact) mass is 408 g/mol. The molecule has 2 aliphatic rings. The maximum atomic E-state index is 6.48. The van der Waals surface area contributed by atoms with Crippen LogP contribution in [0.15, 0.2) is 18.6 Å². The SMILES string of the molecule is Cc1c(C)n(C2CCCC2)c2ncnc(OC3CCN(Cc4ccnn4C)CC3)c12. The molecule has 0 amide bonds. The van der Waals surface area contributed by atoms with E-state index in [9.17, 15) is 0 Å². The summed E-state index contributed by atoms with van der Waals surface area (Å²) in [6.07, 6.45) is 10.9. The second-order valence-electron chi connectivity index (χ2n) is 8.94. The molecule has 0 bridgehead atoms. The van der Waals surface area contributed by atoms with Crippen LogP contribution in [0.5, 0.6) is 5.88 Å². The highest BCUT2D eigenvalue weighted by atomic mass is 16.5. The molecule has 1 aliphatic carbocycles. The Kier molecular flexibility index (Phi) is 5.23. The average molecular weight is 409 g/mol. The summed E-state index contributed by atoms with van der Waals surface area (Å²) >= 11 is 0. The molecule has 4 heterocycles. The number of piperidine rings is 1. The number of ether oxygens (including phenoxy) is 1. The minimum Gasteiger partial charge on any atom is -0.474 e. The van der Waals surface area contributed by atoms with Gasteiger partial charge in [-0.2, -0.15) is 5.10 Å². The zero-order valence-electron chi connectivity index (χ0n) is 18.3. The van der Waals surface area contributed by atoms with Crippen LogP contribution in [0.2, 0.25) is 0 Å². The Bertz CT molecular complexity index is 1020. The molecule has 0 radical (unpaired) electrons. The molecule has 160 valence electrons. The quantitative estimate of drug-likeness (QED) is 0.640. The predicted octanol–water partition coefficient (Wildman–Crippen LogP) is 3.94. The summed E-state index contributed by atoms with van der Waals surface area (Å²) in [7, 11) is 2.01. The Hall–Kier alpha value is -2.41. The van der Waals surface area contributed by atoms with E-state index in [0.29, 0.717) is 6.04 Å². The van der Waals surface area contributed by atoms with Crippen molar-refractivity contribution >= 4 is 11.0 Å². The molecular formula is C23H32N6O. The number of rotatable bonds is 5. The van der Waals surface area contributed by atoms with Gasteiger partial charge in [-0.1, -0.05) is 12.8 Å². The molecule has 0 aromatic carbocycles. The van der Waals surface area contributed by atoms with Gasteiger partial charge >= 0.3 is 0 Å². The van der Waals surface area contributed by atoms with Gasteiger partial charge in [0.2, 0.25) is 5.88 Å². The molecule has 5 rings (SSSR count). The van der Waals surface area contributed by atoms with Crippen LogP contribution in [0.25, 0.3) is 11.0 Å². The molecule has 1 saturated heterocycles. The number of aryl methyl sites for hydroxylation is 2. The molecule has 0 unspecified atom stereocenters. The molecule has 3 aromatic rings. The molecule has 7 heteroatoms. The fourth-order valence-electron chi connectivity index (χ4n) is 5.22. The molecule has 0 N–H and O–H groups in total. The summed E-state index contributed by atoms with van der Waals surface area (Å²) in [4.78, 5) is 11.7. The van der Waals surface area contributed by atoms with Crippen molar-refractivity contribution in [2.24, 2.45) is 7.05 Å². The number of hydrogen-bond donors (Lipinski definition) is 0. The summed E-state index contributed by atoms with van der Waals surface area (Å²) in [5, 5.41) is 5.39. The second-order valence-corrected chi connectivity index (χ2v) is 8.94. The van der Waals surface area contributed by atoms with Crippen molar-refractivity contribution in [1.82, 2.24) is 29.2 Å². The van der Waals surface area contributed by atoms with Crippen molar-refractivity contribution in [1.29, 1.82) is 0 Å². The largest absolute Gasteiger partial charge is 0.474 e. The van der Waals surface area contributed by atoms with Crippen molar-refractivity contribution < 1.29 is 4.74 Å².